The molecule has 0 bridgehead atoms. The highest BCUT2D eigenvalue weighted by molar-refractivity contribution is 6.21. The molecule has 3 heterocycles. The number of imide groups is 1. The van der Waals surface area contributed by atoms with Gasteiger partial charge in [-0.05, 0) is 30.7 Å². The number of rotatable bonds is 5. The van der Waals surface area contributed by atoms with Gasteiger partial charge in [0.15, 0.2) is 0 Å². The number of fused-ring (bicyclic) bond motifs is 2. The summed E-state index contributed by atoms with van der Waals surface area (Å²) < 4.78 is 0. The monoisotopic (exact) mass is 415 g/mol. The molecule has 1 atom stereocenters. The Morgan fingerprint density at radius 3 is 2.52 bits per heavy atom. The highest BCUT2D eigenvalue weighted by Crippen LogP contribution is 2.23. The van der Waals surface area contributed by atoms with Crippen LogP contribution in [-0.4, -0.2) is 44.8 Å². The number of H-pyrrole nitrogens is 1. The van der Waals surface area contributed by atoms with Gasteiger partial charge in [0.05, 0.1) is 27.9 Å². The van der Waals surface area contributed by atoms with E-state index >= 15 is 0 Å². The first kappa shape index (κ1) is 19.2. The van der Waals surface area contributed by atoms with Crippen molar-refractivity contribution in [2.75, 3.05) is 6.54 Å². The van der Waals surface area contributed by atoms with Crippen molar-refractivity contribution in [2.24, 2.45) is 11.0 Å². The van der Waals surface area contributed by atoms with Crippen molar-refractivity contribution in [1.29, 1.82) is 0 Å². The summed E-state index contributed by atoms with van der Waals surface area (Å²) >= 11 is 0. The van der Waals surface area contributed by atoms with Gasteiger partial charge in [0.1, 0.15) is 5.82 Å². The lowest BCUT2D eigenvalue weighted by Gasteiger charge is -2.18. The zero-order valence-corrected chi connectivity index (χ0v) is 17.0. The number of nitrogens with one attached hydrogen (secondary N) is 2. The maximum atomic E-state index is 12.5. The Hall–Kier alpha value is -3.81. The molecule has 0 saturated heterocycles. The van der Waals surface area contributed by atoms with Crippen LogP contribution < -0.4 is 5.43 Å². The summed E-state index contributed by atoms with van der Waals surface area (Å²) in [6, 6.07) is 12.8. The van der Waals surface area contributed by atoms with Gasteiger partial charge in [0, 0.05) is 30.9 Å². The van der Waals surface area contributed by atoms with Crippen LogP contribution in [0.5, 0.6) is 0 Å². The number of hydrogen-bond acceptors (Lipinski definition) is 5. The maximum absolute atomic E-state index is 12.5. The molecule has 0 saturated carbocycles. The average molecular weight is 415 g/mol. The number of carbonyl (C=O) groups excluding carboxylic acids is 3. The molecule has 31 heavy (non-hydrogen) atoms. The normalized spacial score (nSPS) is 18.4. The molecule has 8 nitrogen and oxygen atoms in total. The van der Waals surface area contributed by atoms with Gasteiger partial charge in [-0.2, -0.15) is 5.10 Å². The van der Waals surface area contributed by atoms with Crippen molar-refractivity contribution >= 4 is 34.5 Å². The van der Waals surface area contributed by atoms with Crippen LogP contribution >= 0.6 is 0 Å². The highest BCUT2D eigenvalue weighted by Gasteiger charge is 2.34. The van der Waals surface area contributed by atoms with Crippen molar-refractivity contribution in [2.45, 2.75) is 26.2 Å². The SMILES string of the molecule is CC1CC(=O)NN=C1c1ccc2[nH]c(CCCN3C(=O)c4ccccc4C3=O)nc2c1. The molecule has 0 fully saturated rings. The first-order chi connectivity index (χ1) is 15.0. The topological polar surface area (TPSA) is 108 Å². The molecule has 1 aromatic heterocycles. The molecule has 1 unspecified atom stereocenters. The minimum Gasteiger partial charge on any atom is -0.342 e. The predicted molar refractivity (Wildman–Crippen MR) is 115 cm³/mol. The summed E-state index contributed by atoms with van der Waals surface area (Å²) in [5.41, 5.74) is 7.00. The minimum atomic E-state index is -0.232. The largest absolute Gasteiger partial charge is 0.342 e. The van der Waals surface area contributed by atoms with Gasteiger partial charge in [-0.25, -0.2) is 10.4 Å². The molecule has 2 aliphatic rings. The molecule has 2 aliphatic heterocycles. The smallest absolute Gasteiger partial charge is 0.261 e. The number of carbonyl (C=O) groups is 3. The first-order valence-corrected chi connectivity index (χ1v) is 10.3. The Bertz CT molecular complexity index is 1220. The number of aryl methyl sites for hydroxylation is 1. The Labute approximate surface area is 178 Å². The third-order valence-electron chi connectivity index (χ3n) is 5.76. The summed E-state index contributed by atoms with van der Waals surface area (Å²) in [6.45, 7) is 2.33. The van der Waals surface area contributed by atoms with Crippen LogP contribution in [0.15, 0.2) is 47.6 Å². The van der Waals surface area contributed by atoms with Crippen molar-refractivity contribution in [3.8, 4) is 0 Å². The van der Waals surface area contributed by atoms with Crippen LogP contribution in [0.1, 0.15) is 51.9 Å². The van der Waals surface area contributed by atoms with Gasteiger partial charge in [-0.3, -0.25) is 19.3 Å². The standard InChI is InChI=1S/C23H21N5O3/c1-13-11-20(29)26-27-21(13)14-8-9-17-18(12-14)25-19(24-17)7-4-10-28-22(30)15-5-2-3-6-16(15)23(28)31/h2-3,5-6,8-9,12-13H,4,7,10-11H2,1H3,(H,24,25)(H,26,29). The van der Waals surface area contributed by atoms with Crippen molar-refractivity contribution in [3.63, 3.8) is 0 Å². The number of hydrogen-bond donors (Lipinski definition) is 2. The van der Waals surface area contributed by atoms with Crippen LogP contribution in [0.25, 0.3) is 11.0 Å². The second kappa shape index (κ2) is 7.46. The predicted octanol–water partition coefficient (Wildman–Crippen LogP) is 2.65. The molecule has 0 aliphatic carbocycles. The Kier molecular flexibility index (Phi) is 4.62. The van der Waals surface area contributed by atoms with E-state index in [-0.39, 0.29) is 23.6 Å². The Morgan fingerprint density at radius 2 is 1.81 bits per heavy atom. The van der Waals surface area contributed by atoms with E-state index in [1.54, 1.807) is 24.3 Å². The molecule has 8 heteroatoms. The number of aromatic nitrogens is 2. The number of hydrazone groups is 1. The molecule has 0 spiro atoms. The van der Waals surface area contributed by atoms with Gasteiger partial charge in [-0.15, -0.1) is 0 Å². The first-order valence-electron chi connectivity index (χ1n) is 10.3. The zero-order chi connectivity index (χ0) is 21.5. The molecule has 2 aromatic carbocycles. The summed E-state index contributed by atoms with van der Waals surface area (Å²) in [5, 5.41) is 4.21. The summed E-state index contributed by atoms with van der Waals surface area (Å²) in [5.74, 6) is 0.311. The third-order valence-corrected chi connectivity index (χ3v) is 5.76. The minimum absolute atomic E-state index is 0.0456. The molecule has 0 radical (unpaired) electrons. The van der Waals surface area contributed by atoms with Crippen LogP contribution in [0.3, 0.4) is 0 Å². The molecule has 3 amide bonds. The number of nitrogens with zero attached hydrogens (tertiary/aromatic N) is 3. The molecular formula is C23H21N5O3. The summed E-state index contributed by atoms with van der Waals surface area (Å²) in [6.07, 6.45) is 1.65. The molecule has 3 aromatic rings. The van der Waals surface area contributed by atoms with E-state index < -0.39 is 0 Å². The van der Waals surface area contributed by atoms with Crippen LogP contribution in [0.4, 0.5) is 0 Å². The number of imidazole rings is 1. The number of aromatic amines is 1. The fourth-order valence-corrected chi connectivity index (χ4v) is 4.19. The van der Waals surface area contributed by atoms with E-state index in [0.29, 0.717) is 36.9 Å². The second-order valence-electron chi connectivity index (χ2n) is 7.96. The lowest BCUT2D eigenvalue weighted by Crippen LogP contribution is -2.31. The van der Waals surface area contributed by atoms with Crippen LogP contribution in [0.2, 0.25) is 0 Å². The zero-order valence-electron chi connectivity index (χ0n) is 17.0. The maximum Gasteiger partial charge on any atom is 0.261 e. The van der Waals surface area contributed by atoms with E-state index in [2.05, 4.69) is 20.5 Å². The van der Waals surface area contributed by atoms with Gasteiger partial charge in [-0.1, -0.05) is 25.1 Å². The average Bonchev–Trinajstić information content (AvgIpc) is 3.27. The highest BCUT2D eigenvalue weighted by atomic mass is 16.2. The number of amides is 3. The van der Waals surface area contributed by atoms with Crippen molar-refractivity contribution in [1.82, 2.24) is 20.3 Å². The summed E-state index contributed by atoms with van der Waals surface area (Å²) in [7, 11) is 0. The second-order valence-corrected chi connectivity index (χ2v) is 7.96. The van der Waals surface area contributed by atoms with Crippen molar-refractivity contribution < 1.29 is 14.4 Å². The van der Waals surface area contributed by atoms with Gasteiger partial charge < -0.3 is 4.98 Å². The Balaban J connectivity index is 1.27. The van der Waals surface area contributed by atoms with Gasteiger partial charge in [0.2, 0.25) is 5.91 Å². The number of benzene rings is 2. The van der Waals surface area contributed by atoms with E-state index in [1.807, 2.05) is 25.1 Å². The molecular weight excluding hydrogens is 394 g/mol. The molecule has 5 rings (SSSR count). The van der Waals surface area contributed by atoms with E-state index in [1.165, 1.54) is 4.90 Å². The third kappa shape index (κ3) is 3.39. The molecule has 156 valence electrons. The fraction of sp³-hybridized carbons (Fsp3) is 0.261. The Morgan fingerprint density at radius 1 is 1.06 bits per heavy atom. The van der Waals surface area contributed by atoms with Gasteiger partial charge >= 0.3 is 0 Å². The van der Waals surface area contributed by atoms with E-state index in [4.69, 9.17) is 0 Å². The lowest BCUT2D eigenvalue weighted by molar-refractivity contribution is -0.121. The summed E-state index contributed by atoms with van der Waals surface area (Å²) in [4.78, 5) is 45.7. The molecule has 2 N–H and O–H groups in total. The lowest BCUT2D eigenvalue weighted by atomic mass is 9.94. The fourth-order valence-electron chi connectivity index (χ4n) is 4.19. The van der Waals surface area contributed by atoms with E-state index in [0.717, 1.165) is 28.1 Å². The quantitative estimate of drug-likeness (QED) is 0.625. The van der Waals surface area contributed by atoms with E-state index in [9.17, 15) is 14.4 Å². The van der Waals surface area contributed by atoms with Gasteiger partial charge in [0.25, 0.3) is 11.8 Å². The van der Waals surface area contributed by atoms with Crippen LogP contribution in [-0.2, 0) is 11.2 Å². The van der Waals surface area contributed by atoms with Crippen molar-refractivity contribution in [3.05, 3.63) is 65.0 Å². The van der Waals surface area contributed by atoms with Crippen LogP contribution in [0, 0.1) is 5.92 Å².